The standard InChI is InChI=1S/C18H22N2O3S/c1-14-7-9-17(10-8-14)19-18(21)13-20(24(3,22)23)12-16-6-4-5-15(2)11-16/h4-11H,12-13H2,1-3H3,(H,19,21). The molecule has 0 aliphatic rings. The lowest BCUT2D eigenvalue weighted by molar-refractivity contribution is -0.116. The average molecular weight is 346 g/mol. The first kappa shape index (κ1) is 18.2. The van der Waals surface area contributed by atoms with E-state index in [0.29, 0.717) is 5.69 Å². The van der Waals surface area contributed by atoms with E-state index < -0.39 is 10.0 Å². The zero-order chi connectivity index (χ0) is 17.7. The Balaban J connectivity index is 2.08. The number of hydrogen-bond acceptors (Lipinski definition) is 3. The van der Waals surface area contributed by atoms with Gasteiger partial charge >= 0.3 is 0 Å². The Bertz CT molecular complexity index is 814. The molecule has 0 aliphatic carbocycles. The molecule has 1 amide bonds. The third-order valence-electron chi connectivity index (χ3n) is 3.57. The molecule has 24 heavy (non-hydrogen) atoms. The maximum atomic E-state index is 12.2. The minimum absolute atomic E-state index is 0.168. The van der Waals surface area contributed by atoms with Gasteiger partial charge in [0.25, 0.3) is 0 Å². The van der Waals surface area contributed by atoms with Crippen LogP contribution >= 0.6 is 0 Å². The van der Waals surface area contributed by atoms with Crippen molar-refractivity contribution in [2.24, 2.45) is 0 Å². The fourth-order valence-electron chi connectivity index (χ4n) is 2.30. The van der Waals surface area contributed by atoms with Crippen molar-refractivity contribution in [3.8, 4) is 0 Å². The molecule has 0 radical (unpaired) electrons. The fourth-order valence-corrected chi connectivity index (χ4v) is 3.04. The van der Waals surface area contributed by atoms with Gasteiger partial charge in [0.2, 0.25) is 15.9 Å². The van der Waals surface area contributed by atoms with Crippen LogP contribution in [0.2, 0.25) is 0 Å². The summed E-state index contributed by atoms with van der Waals surface area (Å²) < 4.78 is 25.2. The Morgan fingerprint density at radius 2 is 1.71 bits per heavy atom. The van der Waals surface area contributed by atoms with Crippen LogP contribution in [-0.2, 0) is 21.4 Å². The second kappa shape index (κ2) is 7.59. The van der Waals surface area contributed by atoms with Gasteiger partial charge in [-0.15, -0.1) is 0 Å². The van der Waals surface area contributed by atoms with E-state index in [4.69, 9.17) is 0 Å². The van der Waals surface area contributed by atoms with Crippen molar-refractivity contribution in [3.05, 3.63) is 65.2 Å². The van der Waals surface area contributed by atoms with E-state index in [-0.39, 0.29) is 19.0 Å². The highest BCUT2D eigenvalue weighted by Crippen LogP contribution is 2.12. The number of carbonyl (C=O) groups excluding carboxylic acids is 1. The van der Waals surface area contributed by atoms with E-state index in [1.165, 1.54) is 4.31 Å². The van der Waals surface area contributed by atoms with Crippen LogP contribution in [0.3, 0.4) is 0 Å². The van der Waals surface area contributed by atoms with E-state index in [1.807, 2.05) is 50.2 Å². The summed E-state index contributed by atoms with van der Waals surface area (Å²) in [6.45, 7) is 3.85. The van der Waals surface area contributed by atoms with Gasteiger partial charge in [-0.05, 0) is 31.5 Å². The maximum absolute atomic E-state index is 12.2. The van der Waals surface area contributed by atoms with Crippen LogP contribution in [0.4, 0.5) is 5.69 Å². The summed E-state index contributed by atoms with van der Waals surface area (Å²) in [4.78, 5) is 12.2. The second-order valence-corrected chi connectivity index (χ2v) is 7.92. The zero-order valence-corrected chi connectivity index (χ0v) is 14.9. The largest absolute Gasteiger partial charge is 0.325 e. The molecule has 2 rings (SSSR count). The minimum Gasteiger partial charge on any atom is -0.325 e. The van der Waals surface area contributed by atoms with Gasteiger partial charge in [-0.2, -0.15) is 4.31 Å². The number of rotatable bonds is 6. The van der Waals surface area contributed by atoms with Gasteiger partial charge in [-0.3, -0.25) is 4.79 Å². The zero-order valence-electron chi connectivity index (χ0n) is 14.1. The van der Waals surface area contributed by atoms with Crippen LogP contribution < -0.4 is 5.32 Å². The summed E-state index contributed by atoms with van der Waals surface area (Å²) >= 11 is 0. The Labute approximate surface area is 143 Å². The SMILES string of the molecule is Cc1ccc(NC(=O)CN(Cc2cccc(C)c2)S(C)(=O)=O)cc1. The molecule has 0 unspecified atom stereocenters. The molecule has 0 spiro atoms. The molecule has 128 valence electrons. The van der Waals surface area contributed by atoms with Crippen molar-refractivity contribution in [2.75, 3.05) is 18.1 Å². The molecular weight excluding hydrogens is 324 g/mol. The van der Waals surface area contributed by atoms with E-state index in [0.717, 1.165) is 22.9 Å². The number of nitrogens with zero attached hydrogens (tertiary/aromatic N) is 1. The molecule has 6 heteroatoms. The van der Waals surface area contributed by atoms with Crippen molar-refractivity contribution in [1.29, 1.82) is 0 Å². The van der Waals surface area contributed by atoms with Crippen LogP contribution in [-0.4, -0.2) is 31.4 Å². The molecule has 1 N–H and O–H groups in total. The number of benzene rings is 2. The number of anilines is 1. The predicted octanol–water partition coefficient (Wildman–Crippen LogP) is 2.70. The molecule has 0 saturated heterocycles. The number of sulfonamides is 1. The fraction of sp³-hybridized carbons (Fsp3) is 0.278. The number of aryl methyl sites for hydroxylation is 2. The molecule has 0 bridgehead atoms. The molecule has 5 nitrogen and oxygen atoms in total. The normalized spacial score (nSPS) is 11.5. The van der Waals surface area contributed by atoms with Gasteiger partial charge in [-0.1, -0.05) is 47.5 Å². The lowest BCUT2D eigenvalue weighted by atomic mass is 10.1. The van der Waals surface area contributed by atoms with Gasteiger partial charge < -0.3 is 5.32 Å². The van der Waals surface area contributed by atoms with Gasteiger partial charge in [0.1, 0.15) is 0 Å². The van der Waals surface area contributed by atoms with Crippen LogP contribution in [0.5, 0.6) is 0 Å². The average Bonchev–Trinajstić information content (AvgIpc) is 2.48. The smallest absolute Gasteiger partial charge is 0.239 e. The first-order chi connectivity index (χ1) is 11.2. The third-order valence-corrected chi connectivity index (χ3v) is 4.76. The highest BCUT2D eigenvalue weighted by atomic mass is 32.2. The summed E-state index contributed by atoms with van der Waals surface area (Å²) in [5, 5.41) is 2.72. The predicted molar refractivity (Wildman–Crippen MR) is 96.2 cm³/mol. The molecule has 0 saturated carbocycles. The number of carbonyl (C=O) groups is 1. The molecule has 2 aromatic carbocycles. The molecular formula is C18H22N2O3S. The lowest BCUT2D eigenvalue weighted by Crippen LogP contribution is -2.36. The molecule has 0 aliphatic heterocycles. The van der Waals surface area contributed by atoms with Crippen LogP contribution in [0, 0.1) is 13.8 Å². The Morgan fingerprint density at radius 3 is 2.29 bits per heavy atom. The number of hydrogen-bond donors (Lipinski definition) is 1. The molecule has 0 atom stereocenters. The highest BCUT2D eigenvalue weighted by molar-refractivity contribution is 7.88. The third kappa shape index (κ3) is 5.47. The Kier molecular flexibility index (Phi) is 5.75. The Morgan fingerprint density at radius 1 is 1.04 bits per heavy atom. The number of amides is 1. The van der Waals surface area contributed by atoms with E-state index in [1.54, 1.807) is 12.1 Å². The van der Waals surface area contributed by atoms with E-state index in [2.05, 4.69) is 5.32 Å². The topological polar surface area (TPSA) is 66.5 Å². The van der Waals surface area contributed by atoms with Crippen LogP contribution in [0.15, 0.2) is 48.5 Å². The summed E-state index contributed by atoms with van der Waals surface area (Å²) in [6.07, 6.45) is 1.11. The van der Waals surface area contributed by atoms with Crippen molar-refractivity contribution in [1.82, 2.24) is 4.31 Å². The molecule has 0 aromatic heterocycles. The first-order valence-corrected chi connectivity index (χ1v) is 9.46. The minimum atomic E-state index is -3.50. The monoisotopic (exact) mass is 346 g/mol. The Hall–Kier alpha value is -2.18. The highest BCUT2D eigenvalue weighted by Gasteiger charge is 2.20. The summed E-state index contributed by atoms with van der Waals surface area (Å²) in [5.41, 5.74) is 3.63. The second-order valence-electron chi connectivity index (χ2n) is 5.93. The summed E-state index contributed by atoms with van der Waals surface area (Å²) in [7, 11) is -3.50. The molecule has 2 aromatic rings. The van der Waals surface area contributed by atoms with Gasteiger partial charge in [0.05, 0.1) is 12.8 Å². The van der Waals surface area contributed by atoms with E-state index in [9.17, 15) is 13.2 Å². The number of nitrogens with one attached hydrogen (secondary N) is 1. The first-order valence-electron chi connectivity index (χ1n) is 7.61. The van der Waals surface area contributed by atoms with Crippen molar-refractivity contribution >= 4 is 21.6 Å². The van der Waals surface area contributed by atoms with Crippen LogP contribution in [0.1, 0.15) is 16.7 Å². The van der Waals surface area contributed by atoms with Crippen LogP contribution in [0.25, 0.3) is 0 Å². The lowest BCUT2D eigenvalue weighted by Gasteiger charge is -2.20. The van der Waals surface area contributed by atoms with Gasteiger partial charge in [0, 0.05) is 12.2 Å². The van der Waals surface area contributed by atoms with Crippen molar-refractivity contribution in [2.45, 2.75) is 20.4 Å². The van der Waals surface area contributed by atoms with Crippen molar-refractivity contribution < 1.29 is 13.2 Å². The summed E-state index contributed by atoms with van der Waals surface area (Å²) in [6, 6.07) is 14.9. The quantitative estimate of drug-likeness (QED) is 0.874. The van der Waals surface area contributed by atoms with Crippen molar-refractivity contribution in [3.63, 3.8) is 0 Å². The summed E-state index contributed by atoms with van der Waals surface area (Å²) in [5.74, 6) is -0.364. The van der Waals surface area contributed by atoms with Gasteiger partial charge in [-0.25, -0.2) is 8.42 Å². The maximum Gasteiger partial charge on any atom is 0.239 e. The molecule has 0 fully saturated rings. The van der Waals surface area contributed by atoms with Gasteiger partial charge in [0.15, 0.2) is 0 Å². The van der Waals surface area contributed by atoms with E-state index >= 15 is 0 Å². The molecule has 0 heterocycles.